The molecule has 4 rings (SSSR count). The van der Waals surface area contributed by atoms with E-state index >= 15 is 0 Å². The highest BCUT2D eigenvalue weighted by molar-refractivity contribution is 6.30. The quantitative estimate of drug-likeness (QED) is 0.773. The number of halogens is 1. The Labute approximate surface area is 156 Å². The van der Waals surface area contributed by atoms with E-state index in [1.165, 1.54) is 0 Å². The number of likely N-dealkylation sites (N-methyl/N-ethyl adjacent to an activating group) is 1. The van der Waals surface area contributed by atoms with E-state index in [-0.39, 0.29) is 12.5 Å². The van der Waals surface area contributed by atoms with Crippen LogP contribution in [0.15, 0.2) is 53.5 Å². The molecule has 1 atom stereocenters. The second-order valence-electron chi connectivity index (χ2n) is 6.34. The number of nitrogens with zero attached hydrogens (tertiary/aromatic N) is 3. The molecule has 26 heavy (non-hydrogen) atoms. The van der Waals surface area contributed by atoms with Crippen molar-refractivity contribution in [3.05, 3.63) is 64.7 Å². The van der Waals surface area contributed by atoms with Gasteiger partial charge in [-0.3, -0.25) is 14.7 Å². The van der Waals surface area contributed by atoms with Crippen molar-refractivity contribution in [2.45, 2.75) is 12.6 Å². The van der Waals surface area contributed by atoms with Crippen LogP contribution in [0.25, 0.3) is 10.9 Å². The van der Waals surface area contributed by atoms with Gasteiger partial charge in [-0.2, -0.15) is 0 Å². The van der Waals surface area contributed by atoms with Crippen LogP contribution < -0.4 is 4.90 Å². The minimum absolute atomic E-state index is 0.220. The number of aromatic nitrogens is 1. The van der Waals surface area contributed by atoms with E-state index < -0.39 is 6.04 Å². The molecule has 2 aromatic carbocycles. The molecule has 1 aliphatic heterocycles. The molecule has 0 saturated carbocycles. The number of aliphatic hydroxyl groups is 1. The van der Waals surface area contributed by atoms with E-state index in [4.69, 9.17) is 11.6 Å². The van der Waals surface area contributed by atoms with Crippen LogP contribution in [0.4, 0.5) is 5.82 Å². The van der Waals surface area contributed by atoms with Gasteiger partial charge >= 0.3 is 0 Å². The van der Waals surface area contributed by atoms with Crippen LogP contribution in [-0.2, 0) is 11.3 Å². The Bertz CT molecular complexity index is 1010. The molecule has 0 saturated heterocycles. The molecule has 0 aliphatic carbocycles. The van der Waals surface area contributed by atoms with Crippen LogP contribution >= 0.6 is 11.6 Å². The van der Waals surface area contributed by atoms with E-state index in [9.17, 15) is 9.90 Å². The van der Waals surface area contributed by atoms with E-state index in [1.807, 2.05) is 48.5 Å². The minimum Gasteiger partial charge on any atom is -0.394 e. The number of aliphatic imine (C=N–C) groups is 1. The number of benzene rings is 2. The fraction of sp³-hybridized carbons (Fsp3) is 0.200. The predicted molar refractivity (Wildman–Crippen MR) is 104 cm³/mol. The Morgan fingerprint density at radius 1 is 1.15 bits per heavy atom. The minimum atomic E-state index is -0.768. The van der Waals surface area contributed by atoms with Crippen molar-refractivity contribution in [1.29, 1.82) is 0 Å². The second kappa shape index (κ2) is 6.59. The number of carbonyl (C=O) groups excluding carboxylic acids is 1. The average Bonchev–Trinajstić information content (AvgIpc) is 2.90. The van der Waals surface area contributed by atoms with Gasteiger partial charge in [0.05, 0.1) is 12.1 Å². The SMILES string of the molecule is CN1C(=O)C(CO)N=Cc2c1n(Cc1ccc(Cl)cc1)c1ccccc21. The second-order valence-corrected chi connectivity index (χ2v) is 6.78. The Morgan fingerprint density at radius 3 is 2.62 bits per heavy atom. The fourth-order valence-corrected chi connectivity index (χ4v) is 3.55. The molecule has 132 valence electrons. The molecule has 5 nitrogen and oxygen atoms in total. The Hall–Kier alpha value is -2.63. The van der Waals surface area contributed by atoms with Gasteiger partial charge < -0.3 is 9.67 Å². The zero-order valence-corrected chi connectivity index (χ0v) is 15.0. The third-order valence-electron chi connectivity index (χ3n) is 4.73. The Balaban J connectivity index is 1.92. The lowest BCUT2D eigenvalue weighted by atomic mass is 10.2. The molecule has 0 bridgehead atoms. The number of rotatable bonds is 3. The molecule has 2 heterocycles. The van der Waals surface area contributed by atoms with Crippen molar-refractivity contribution < 1.29 is 9.90 Å². The molecule has 1 amide bonds. The first kappa shape index (κ1) is 16.8. The topological polar surface area (TPSA) is 57.8 Å². The van der Waals surface area contributed by atoms with Gasteiger partial charge in [0.1, 0.15) is 5.82 Å². The monoisotopic (exact) mass is 367 g/mol. The van der Waals surface area contributed by atoms with Crippen molar-refractivity contribution in [3.8, 4) is 0 Å². The van der Waals surface area contributed by atoms with Crippen LogP contribution in [-0.4, -0.2) is 41.5 Å². The van der Waals surface area contributed by atoms with Crippen molar-refractivity contribution in [2.24, 2.45) is 4.99 Å². The molecule has 0 radical (unpaired) electrons. The predicted octanol–water partition coefficient (Wildman–Crippen LogP) is 3.10. The lowest BCUT2D eigenvalue weighted by molar-refractivity contribution is -0.120. The largest absolute Gasteiger partial charge is 0.394 e. The summed E-state index contributed by atoms with van der Waals surface area (Å²) in [6.07, 6.45) is 1.71. The van der Waals surface area contributed by atoms with E-state index in [0.29, 0.717) is 11.6 Å². The highest BCUT2D eigenvalue weighted by Gasteiger charge is 2.30. The van der Waals surface area contributed by atoms with Gasteiger partial charge in [0.25, 0.3) is 5.91 Å². The molecule has 1 aliphatic rings. The lowest BCUT2D eigenvalue weighted by Crippen LogP contribution is -2.37. The third kappa shape index (κ3) is 2.69. The molecule has 3 aromatic rings. The number of amides is 1. The first-order valence-electron chi connectivity index (χ1n) is 8.37. The smallest absolute Gasteiger partial charge is 0.255 e. The summed E-state index contributed by atoms with van der Waals surface area (Å²) in [5.41, 5.74) is 3.00. The maximum atomic E-state index is 12.7. The van der Waals surface area contributed by atoms with Gasteiger partial charge in [-0.1, -0.05) is 41.9 Å². The fourth-order valence-electron chi connectivity index (χ4n) is 3.42. The summed E-state index contributed by atoms with van der Waals surface area (Å²) < 4.78 is 2.11. The van der Waals surface area contributed by atoms with Gasteiger partial charge in [-0.15, -0.1) is 0 Å². The average molecular weight is 368 g/mol. The maximum absolute atomic E-state index is 12.7. The van der Waals surface area contributed by atoms with Crippen LogP contribution in [0.1, 0.15) is 11.1 Å². The summed E-state index contributed by atoms with van der Waals surface area (Å²) in [6, 6.07) is 14.9. The third-order valence-corrected chi connectivity index (χ3v) is 4.98. The van der Waals surface area contributed by atoms with Crippen LogP contribution in [0.2, 0.25) is 5.02 Å². The van der Waals surface area contributed by atoms with Crippen molar-refractivity contribution in [3.63, 3.8) is 0 Å². The molecule has 0 spiro atoms. The maximum Gasteiger partial charge on any atom is 0.255 e. The number of hydrogen-bond acceptors (Lipinski definition) is 3. The van der Waals surface area contributed by atoms with E-state index in [0.717, 1.165) is 27.8 Å². The summed E-state index contributed by atoms with van der Waals surface area (Å²) in [7, 11) is 1.73. The zero-order valence-electron chi connectivity index (χ0n) is 14.3. The normalized spacial score (nSPS) is 16.8. The number of carbonyl (C=O) groups is 1. The summed E-state index contributed by atoms with van der Waals surface area (Å²) in [5, 5.41) is 11.2. The summed E-state index contributed by atoms with van der Waals surface area (Å²) in [4.78, 5) is 18.6. The highest BCUT2D eigenvalue weighted by atomic mass is 35.5. The number of aliphatic hydroxyl groups excluding tert-OH is 1. The number of para-hydroxylation sites is 1. The van der Waals surface area contributed by atoms with Gasteiger partial charge in [0, 0.05) is 35.8 Å². The van der Waals surface area contributed by atoms with Crippen molar-refractivity contribution in [1.82, 2.24) is 4.57 Å². The first-order valence-corrected chi connectivity index (χ1v) is 8.75. The first-order chi connectivity index (χ1) is 12.6. The standard InChI is InChI=1S/C20H18ClN3O2/c1-23-19-16(10-22-17(12-25)20(23)26)15-4-2-3-5-18(15)24(19)11-13-6-8-14(21)9-7-13/h2-10,17,25H,11-12H2,1H3. The molecule has 6 heteroatoms. The van der Waals surface area contributed by atoms with Gasteiger partial charge in [-0.25, -0.2) is 0 Å². The van der Waals surface area contributed by atoms with Gasteiger partial charge in [0.2, 0.25) is 0 Å². The van der Waals surface area contributed by atoms with E-state index in [2.05, 4.69) is 9.56 Å². The lowest BCUT2D eigenvalue weighted by Gasteiger charge is -2.22. The van der Waals surface area contributed by atoms with E-state index in [1.54, 1.807) is 18.2 Å². The molecular weight excluding hydrogens is 350 g/mol. The molecule has 0 fully saturated rings. The Morgan fingerprint density at radius 2 is 1.88 bits per heavy atom. The summed E-state index contributed by atoms with van der Waals surface area (Å²) in [6.45, 7) is 0.293. The summed E-state index contributed by atoms with van der Waals surface area (Å²) >= 11 is 6.00. The number of hydrogen-bond donors (Lipinski definition) is 1. The molecule has 1 aromatic heterocycles. The van der Waals surface area contributed by atoms with Gasteiger partial charge in [0.15, 0.2) is 6.04 Å². The highest BCUT2D eigenvalue weighted by Crippen LogP contribution is 2.34. The number of anilines is 1. The zero-order chi connectivity index (χ0) is 18.3. The Kier molecular flexibility index (Phi) is 4.26. The van der Waals surface area contributed by atoms with Crippen molar-refractivity contribution in [2.75, 3.05) is 18.6 Å². The number of fused-ring (bicyclic) bond motifs is 3. The van der Waals surface area contributed by atoms with Crippen molar-refractivity contribution >= 4 is 40.4 Å². The molecule has 1 unspecified atom stereocenters. The van der Waals surface area contributed by atoms with Crippen LogP contribution in [0, 0.1) is 0 Å². The van der Waals surface area contributed by atoms with Crippen LogP contribution in [0.5, 0.6) is 0 Å². The summed E-state index contributed by atoms with van der Waals surface area (Å²) in [5.74, 6) is 0.563. The molecule has 1 N–H and O–H groups in total. The van der Waals surface area contributed by atoms with Crippen LogP contribution in [0.3, 0.4) is 0 Å². The molecular formula is C20H18ClN3O2. The van der Waals surface area contributed by atoms with Gasteiger partial charge in [-0.05, 0) is 23.8 Å².